The second-order valence-corrected chi connectivity index (χ2v) is 19.5. The van der Waals surface area contributed by atoms with Crippen LogP contribution in [0, 0.1) is 0 Å². The van der Waals surface area contributed by atoms with Gasteiger partial charge >= 0.3 is 5.97 Å². The maximum Gasteiger partial charge on any atom is 0.322 e. The first-order valence-electron chi connectivity index (χ1n) is 28.0. The molecule has 1 aromatic rings. The Balaban J connectivity index is 4.14. The summed E-state index contributed by atoms with van der Waals surface area (Å²) in [5, 5.41) is 13.0. The van der Waals surface area contributed by atoms with Gasteiger partial charge in [-0.15, -0.1) is 0 Å². The van der Waals surface area contributed by atoms with Crippen LogP contribution in [-0.2, 0) is 4.79 Å². The third kappa shape index (κ3) is 26.4. The molecule has 0 saturated heterocycles. The van der Waals surface area contributed by atoms with Crippen molar-refractivity contribution in [1.82, 2.24) is 0 Å². The van der Waals surface area contributed by atoms with Gasteiger partial charge in [-0.2, -0.15) is 0 Å². The van der Waals surface area contributed by atoms with E-state index in [9.17, 15) is 29.1 Å². The molecule has 1 rings (SSSR count). The van der Waals surface area contributed by atoms with Crippen LogP contribution < -0.4 is 5.32 Å². The summed E-state index contributed by atoms with van der Waals surface area (Å²) in [6.07, 6.45) is 34.8. The summed E-state index contributed by atoms with van der Waals surface area (Å²) >= 11 is 0. The lowest BCUT2D eigenvalue weighted by Gasteiger charge is -2.25. The van der Waals surface area contributed by atoms with E-state index in [0.29, 0.717) is 32.1 Å². The number of Topliss-reactive ketones (excluding diaryl/α,β-unsaturated/α-hetero) is 5. The third-order valence-electron chi connectivity index (χ3n) is 13.3. The minimum atomic E-state index is -1.20. The minimum Gasteiger partial charge on any atom is -0.480 e. The Labute approximate surface area is 404 Å². The van der Waals surface area contributed by atoms with Gasteiger partial charge in [0.2, 0.25) is 0 Å². The number of hydrogen-bond donors (Lipinski definition) is 2. The Kier molecular flexibility index (Phi) is 37.7. The van der Waals surface area contributed by atoms with Gasteiger partial charge in [0.05, 0.1) is 16.8 Å². The Morgan fingerprint density at radius 1 is 0.288 bits per heavy atom. The number of unbranched alkanes of at least 4 members (excludes halogenated alkanes) is 30. The molecule has 8 heteroatoms. The molecule has 0 heterocycles. The molecule has 0 bridgehead atoms. The van der Waals surface area contributed by atoms with Gasteiger partial charge in [0.15, 0.2) is 28.9 Å². The van der Waals surface area contributed by atoms with E-state index in [0.717, 1.165) is 173 Å². The van der Waals surface area contributed by atoms with Gasteiger partial charge in [0.25, 0.3) is 0 Å². The molecule has 378 valence electrons. The van der Waals surface area contributed by atoms with E-state index in [2.05, 4.69) is 39.9 Å². The highest BCUT2D eigenvalue weighted by atomic mass is 16.4. The zero-order valence-electron chi connectivity index (χ0n) is 43.4. The summed E-state index contributed by atoms with van der Waals surface area (Å²) in [6.45, 7) is 10.3. The molecule has 0 fully saturated rings. The number of hydrogen-bond acceptors (Lipinski definition) is 7. The molecule has 0 saturated carbocycles. The van der Waals surface area contributed by atoms with E-state index < -0.39 is 12.5 Å². The molecule has 0 radical (unpaired) electrons. The Morgan fingerprint density at radius 3 is 0.682 bits per heavy atom. The van der Waals surface area contributed by atoms with E-state index in [4.69, 9.17) is 0 Å². The first kappa shape index (κ1) is 60.9. The number of carbonyl (C=O) groups excluding carboxylic acids is 5. The SMILES string of the molecule is CCCCCCCCCC(=O)c1c(NCC(=O)O)c(C(=O)CCCCCCCCC)c(C(=O)CCCCCCCCC)c(C(=O)CCCCCCCCC)c1C(=O)CCCCCCCCC. The molecule has 8 nitrogen and oxygen atoms in total. The molecular weight excluding hydrogens is 823 g/mol. The number of anilines is 1. The molecule has 0 aliphatic carbocycles. The normalized spacial score (nSPS) is 11.3. The van der Waals surface area contributed by atoms with Crippen LogP contribution in [0.2, 0.25) is 0 Å². The highest BCUT2D eigenvalue weighted by Crippen LogP contribution is 2.39. The lowest BCUT2D eigenvalue weighted by molar-refractivity contribution is -0.134. The standard InChI is InChI=1S/C58H99NO7/c1-6-11-16-21-26-31-36-41-47(60)53-54(48(61)42-37-32-27-22-17-12-7-2)56(50(63)44-39-34-29-24-19-14-9-4)58(59-46-52(65)66)57(51(64)45-40-35-30-25-20-15-10-5)55(53)49(62)43-38-33-28-23-18-13-8-3/h59H,6-46H2,1-5H3,(H,65,66). The van der Waals surface area contributed by atoms with E-state index >= 15 is 4.79 Å². The Hall–Kier alpha value is -3.16. The predicted octanol–water partition coefficient (Wildman–Crippen LogP) is 17.8. The molecule has 0 amide bonds. The molecule has 0 atom stereocenters. The van der Waals surface area contributed by atoms with Crippen molar-refractivity contribution in [3.05, 3.63) is 27.8 Å². The van der Waals surface area contributed by atoms with Gasteiger partial charge in [-0.25, -0.2) is 0 Å². The van der Waals surface area contributed by atoms with E-state index in [1.807, 2.05) is 0 Å². The molecule has 2 N–H and O–H groups in total. The number of ketones is 5. The first-order chi connectivity index (χ1) is 32.1. The van der Waals surface area contributed by atoms with Crippen LogP contribution in [0.5, 0.6) is 0 Å². The maximum absolute atomic E-state index is 15.0. The molecule has 0 aromatic heterocycles. The van der Waals surface area contributed by atoms with Crippen molar-refractivity contribution in [2.45, 2.75) is 291 Å². The second-order valence-electron chi connectivity index (χ2n) is 19.5. The quantitative estimate of drug-likeness (QED) is 0.0487. The minimum absolute atomic E-state index is 0.0309. The molecule has 0 aliphatic heterocycles. The number of carboxylic acids is 1. The predicted molar refractivity (Wildman–Crippen MR) is 277 cm³/mol. The summed E-state index contributed by atoms with van der Waals surface area (Å²) in [6, 6.07) is 0. The lowest BCUT2D eigenvalue weighted by atomic mass is 9.78. The zero-order valence-corrected chi connectivity index (χ0v) is 43.4. The van der Waals surface area contributed by atoms with Crippen molar-refractivity contribution in [2.75, 3.05) is 11.9 Å². The van der Waals surface area contributed by atoms with Crippen LogP contribution in [0.3, 0.4) is 0 Å². The number of benzene rings is 1. The van der Waals surface area contributed by atoms with Gasteiger partial charge in [-0.1, -0.05) is 227 Å². The summed E-state index contributed by atoms with van der Waals surface area (Å²) < 4.78 is 0. The van der Waals surface area contributed by atoms with Gasteiger partial charge < -0.3 is 10.4 Å². The average molecular weight is 922 g/mol. The van der Waals surface area contributed by atoms with Crippen molar-refractivity contribution in [3.8, 4) is 0 Å². The third-order valence-corrected chi connectivity index (χ3v) is 13.3. The molecule has 0 aliphatic rings. The highest BCUT2D eigenvalue weighted by molar-refractivity contribution is 6.27. The summed E-state index contributed by atoms with van der Waals surface area (Å²) in [5.41, 5.74) is -0.276. The summed E-state index contributed by atoms with van der Waals surface area (Å²) in [4.78, 5) is 87.2. The number of carbonyl (C=O) groups is 6. The van der Waals surface area contributed by atoms with Crippen molar-refractivity contribution in [2.24, 2.45) is 0 Å². The number of aliphatic carboxylic acids is 1. The fraction of sp³-hybridized carbons (Fsp3) is 0.793. The van der Waals surface area contributed by atoms with E-state index in [-0.39, 0.29) is 94.5 Å². The van der Waals surface area contributed by atoms with Gasteiger partial charge in [0.1, 0.15) is 6.54 Å². The van der Waals surface area contributed by atoms with Crippen molar-refractivity contribution >= 4 is 40.6 Å². The average Bonchev–Trinajstić information content (AvgIpc) is 3.30. The molecule has 0 unspecified atom stereocenters. The van der Waals surface area contributed by atoms with E-state index in [1.54, 1.807) is 0 Å². The summed E-state index contributed by atoms with van der Waals surface area (Å²) in [5.74, 6) is -3.06. The first-order valence-corrected chi connectivity index (χ1v) is 28.0. The Morgan fingerprint density at radius 2 is 0.470 bits per heavy atom. The molecule has 66 heavy (non-hydrogen) atoms. The maximum atomic E-state index is 15.0. The van der Waals surface area contributed by atoms with Crippen molar-refractivity contribution in [1.29, 1.82) is 0 Å². The lowest BCUT2D eigenvalue weighted by Crippen LogP contribution is -2.27. The summed E-state index contributed by atoms with van der Waals surface area (Å²) in [7, 11) is 0. The molecule has 1 aromatic carbocycles. The highest BCUT2D eigenvalue weighted by Gasteiger charge is 2.37. The largest absolute Gasteiger partial charge is 0.480 e. The number of carboxylic acid groups (broad SMARTS) is 1. The Bertz CT molecular complexity index is 1430. The number of nitrogens with one attached hydrogen (secondary N) is 1. The zero-order chi connectivity index (χ0) is 48.6. The van der Waals surface area contributed by atoms with Crippen LogP contribution in [0.4, 0.5) is 5.69 Å². The van der Waals surface area contributed by atoms with Gasteiger partial charge in [-0.3, -0.25) is 28.8 Å². The van der Waals surface area contributed by atoms with Crippen molar-refractivity contribution in [3.63, 3.8) is 0 Å². The van der Waals surface area contributed by atoms with Crippen LogP contribution in [0.1, 0.15) is 343 Å². The molecule has 0 spiro atoms. The fourth-order valence-corrected chi connectivity index (χ4v) is 9.32. The van der Waals surface area contributed by atoms with Crippen molar-refractivity contribution < 1.29 is 33.9 Å². The smallest absolute Gasteiger partial charge is 0.322 e. The van der Waals surface area contributed by atoms with Crippen LogP contribution in [-0.4, -0.2) is 46.5 Å². The van der Waals surface area contributed by atoms with Gasteiger partial charge in [0, 0.05) is 48.8 Å². The molecular formula is C58H99NO7. The van der Waals surface area contributed by atoms with Crippen LogP contribution in [0.15, 0.2) is 0 Å². The second kappa shape index (κ2) is 40.9. The van der Waals surface area contributed by atoms with E-state index in [1.165, 1.54) is 19.3 Å². The topological polar surface area (TPSA) is 135 Å². The number of rotatable bonds is 48. The fourth-order valence-electron chi connectivity index (χ4n) is 9.32. The van der Waals surface area contributed by atoms with Crippen LogP contribution in [0.25, 0.3) is 0 Å². The van der Waals surface area contributed by atoms with Gasteiger partial charge in [-0.05, 0) is 32.1 Å². The monoisotopic (exact) mass is 922 g/mol. The van der Waals surface area contributed by atoms with Crippen LogP contribution >= 0.6 is 0 Å².